The topological polar surface area (TPSA) is 86.8 Å². The van der Waals surface area contributed by atoms with Gasteiger partial charge in [0.15, 0.2) is 0 Å². The van der Waals surface area contributed by atoms with Gasteiger partial charge in [0, 0.05) is 12.6 Å². The third-order valence-electron chi connectivity index (χ3n) is 6.08. The monoisotopic (exact) mass is 505 g/mol. The summed E-state index contributed by atoms with van der Waals surface area (Å²) in [6, 6.07) is 15.2. The Morgan fingerprint density at radius 1 is 1.06 bits per heavy atom. The number of halogens is 1. The fourth-order valence-corrected chi connectivity index (χ4v) is 5.47. The first-order valence-corrected chi connectivity index (χ1v) is 13.8. The first kappa shape index (κ1) is 26.0. The van der Waals surface area contributed by atoms with E-state index in [4.69, 9.17) is 11.6 Å². The molecule has 0 bridgehead atoms. The third-order valence-corrected chi connectivity index (χ3v) is 7.53. The van der Waals surface area contributed by atoms with E-state index in [9.17, 15) is 18.0 Å². The van der Waals surface area contributed by atoms with E-state index in [0.29, 0.717) is 6.42 Å². The summed E-state index contributed by atoms with van der Waals surface area (Å²) in [7, 11) is -3.81. The number of benzene rings is 2. The number of para-hydroxylation sites is 1. The van der Waals surface area contributed by atoms with Gasteiger partial charge in [0.1, 0.15) is 12.6 Å². The number of carbonyl (C=O) groups excluding carboxylic acids is 2. The maximum Gasteiger partial charge on any atom is 0.244 e. The van der Waals surface area contributed by atoms with Crippen molar-refractivity contribution in [3.8, 4) is 0 Å². The molecule has 3 rings (SSSR count). The van der Waals surface area contributed by atoms with Gasteiger partial charge >= 0.3 is 0 Å². The molecule has 0 saturated heterocycles. The number of hydrogen-bond donors (Lipinski definition) is 1. The molecule has 1 aliphatic rings. The third kappa shape index (κ3) is 6.73. The van der Waals surface area contributed by atoms with Crippen LogP contribution in [0.3, 0.4) is 0 Å². The van der Waals surface area contributed by atoms with Crippen LogP contribution in [0.2, 0.25) is 5.02 Å². The van der Waals surface area contributed by atoms with Gasteiger partial charge in [-0.15, -0.1) is 0 Å². The first-order chi connectivity index (χ1) is 16.2. The number of amides is 2. The smallest absolute Gasteiger partial charge is 0.244 e. The zero-order valence-corrected chi connectivity index (χ0v) is 21.2. The second kappa shape index (κ2) is 11.7. The standard InChI is InChI=1S/C25H32ClN3O4S/c1-3-22(25(31)27-20-13-7-8-14-20)28(17-19-11-5-4-6-12-19)24(30)18-29(34(2,32)33)23-16-10-9-15-21(23)26/h4-6,9-12,15-16,20,22H,3,7-8,13-14,17-18H2,1-2H3,(H,27,31)/t22-/m1/s1. The van der Waals surface area contributed by atoms with Crippen molar-refractivity contribution in [2.45, 2.75) is 57.7 Å². The Morgan fingerprint density at radius 2 is 1.68 bits per heavy atom. The van der Waals surface area contributed by atoms with Crippen LogP contribution in [0.5, 0.6) is 0 Å². The van der Waals surface area contributed by atoms with Crippen molar-refractivity contribution in [3.05, 3.63) is 65.2 Å². The minimum absolute atomic E-state index is 0.117. The van der Waals surface area contributed by atoms with Crippen molar-refractivity contribution in [2.75, 3.05) is 17.1 Å². The lowest BCUT2D eigenvalue weighted by Crippen LogP contribution is -2.53. The molecular formula is C25H32ClN3O4S. The van der Waals surface area contributed by atoms with E-state index < -0.39 is 28.5 Å². The largest absolute Gasteiger partial charge is 0.352 e. The van der Waals surface area contributed by atoms with E-state index in [1.54, 1.807) is 24.3 Å². The molecule has 1 N–H and O–H groups in total. The lowest BCUT2D eigenvalue weighted by atomic mass is 10.1. The molecule has 1 aliphatic carbocycles. The minimum atomic E-state index is -3.81. The average Bonchev–Trinajstić information content (AvgIpc) is 3.31. The second-order valence-electron chi connectivity index (χ2n) is 8.64. The summed E-state index contributed by atoms with van der Waals surface area (Å²) in [5.74, 6) is -0.676. The number of nitrogens with one attached hydrogen (secondary N) is 1. The Morgan fingerprint density at radius 3 is 2.26 bits per heavy atom. The number of carbonyl (C=O) groups is 2. The van der Waals surface area contributed by atoms with E-state index in [0.717, 1.165) is 41.8 Å². The lowest BCUT2D eigenvalue weighted by molar-refractivity contribution is -0.140. The number of anilines is 1. The molecule has 1 saturated carbocycles. The van der Waals surface area contributed by atoms with Gasteiger partial charge in [-0.2, -0.15) is 0 Å². The van der Waals surface area contributed by atoms with E-state index in [-0.39, 0.29) is 29.2 Å². The predicted molar refractivity (Wildman–Crippen MR) is 135 cm³/mol. The normalized spacial score (nSPS) is 15.0. The summed E-state index contributed by atoms with van der Waals surface area (Å²) in [5.41, 5.74) is 1.08. The summed E-state index contributed by atoms with van der Waals surface area (Å²) in [4.78, 5) is 28.3. The minimum Gasteiger partial charge on any atom is -0.352 e. The Balaban J connectivity index is 1.91. The highest BCUT2D eigenvalue weighted by molar-refractivity contribution is 7.92. The summed E-state index contributed by atoms with van der Waals surface area (Å²) in [6.07, 6.45) is 5.47. The zero-order chi connectivity index (χ0) is 24.7. The highest BCUT2D eigenvalue weighted by Gasteiger charge is 2.33. The number of nitrogens with zero attached hydrogens (tertiary/aromatic N) is 2. The molecule has 2 aromatic carbocycles. The van der Waals surface area contributed by atoms with Crippen LogP contribution in [-0.2, 0) is 26.2 Å². The van der Waals surface area contributed by atoms with Gasteiger partial charge < -0.3 is 10.2 Å². The van der Waals surface area contributed by atoms with Crippen LogP contribution in [0.4, 0.5) is 5.69 Å². The van der Waals surface area contributed by atoms with Crippen molar-refractivity contribution in [2.24, 2.45) is 0 Å². The van der Waals surface area contributed by atoms with Crippen molar-refractivity contribution in [3.63, 3.8) is 0 Å². The number of rotatable bonds is 10. The van der Waals surface area contributed by atoms with Crippen LogP contribution in [0.25, 0.3) is 0 Å². The van der Waals surface area contributed by atoms with Gasteiger partial charge in [-0.3, -0.25) is 13.9 Å². The van der Waals surface area contributed by atoms with Crippen molar-refractivity contribution in [1.29, 1.82) is 0 Å². The van der Waals surface area contributed by atoms with Crippen LogP contribution < -0.4 is 9.62 Å². The van der Waals surface area contributed by atoms with E-state index in [2.05, 4.69) is 5.32 Å². The van der Waals surface area contributed by atoms with Crippen molar-refractivity contribution >= 4 is 39.1 Å². The van der Waals surface area contributed by atoms with Gasteiger partial charge in [0.25, 0.3) is 0 Å². The Labute approximate surface area is 207 Å². The van der Waals surface area contributed by atoms with Gasteiger partial charge in [0.2, 0.25) is 21.8 Å². The molecule has 7 nitrogen and oxygen atoms in total. The number of hydrogen-bond acceptors (Lipinski definition) is 4. The SMILES string of the molecule is CC[C@H](C(=O)NC1CCCC1)N(Cc1ccccc1)C(=O)CN(c1ccccc1Cl)S(C)(=O)=O. The molecule has 9 heteroatoms. The molecule has 0 unspecified atom stereocenters. The molecule has 2 amide bonds. The van der Waals surface area contributed by atoms with Crippen molar-refractivity contribution < 1.29 is 18.0 Å². The second-order valence-corrected chi connectivity index (χ2v) is 11.0. The molecule has 0 radical (unpaired) electrons. The molecule has 0 heterocycles. The summed E-state index contributed by atoms with van der Waals surface area (Å²) in [5, 5.41) is 3.31. The quantitative estimate of drug-likeness (QED) is 0.529. The summed E-state index contributed by atoms with van der Waals surface area (Å²) < 4.78 is 26.2. The van der Waals surface area contributed by atoms with Gasteiger partial charge in [-0.1, -0.05) is 73.8 Å². The Kier molecular flexibility index (Phi) is 8.97. The van der Waals surface area contributed by atoms with E-state index in [1.165, 1.54) is 4.90 Å². The predicted octanol–water partition coefficient (Wildman–Crippen LogP) is 3.97. The van der Waals surface area contributed by atoms with Gasteiger partial charge in [-0.25, -0.2) is 8.42 Å². The maximum absolute atomic E-state index is 13.6. The molecule has 34 heavy (non-hydrogen) atoms. The van der Waals surface area contributed by atoms with E-state index in [1.807, 2.05) is 37.3 Å². The van der Waals surface area contributed by atoms with Gasteiger partial charge in [0.05, 0.1) is 17.0 Å². The molecule has 1 fully saturated rings. The molecule has 0 aromatic heterocycles. The molecule has 0 aliphatic heterocycles. The molecule has 1 atom stereocenters. The zero-order valence-electron chi connectivity index (χ0n) is 19.6. The Bertz CT molecular complexity index is 1090. The fraction of sp³-hybridized carbons (Fsp3) is 0.440. The Hall–Kier alpha value is -2.58. The summed E-state index contributed by atoms with van der Waals surface area (Å²) >= 11 is 6.26. The summed E-state index contributed by atoms with van der Waals surface area (Å²) in [6.45, 7) is 1.59. The number of sulfonamides is 1. The van der Waals surface area contributed by atoms with Crippen LogP contribution in [0.1, 0.15) is 44.6 Å². The van der Waals surface area contributed by atoms with Gasteiger partial charge in [-0.05, 0) is 37.0 Å². The highest BCUT2D eigenvalue weighted by atomic mass is 35.5. The van der Waals surface area contributed by atoms with Crippen LogP contribution >= 0.6 is 11.6 Å². The van der Waals surface area contributed by atoms with Crippen LogP contribution in [0, 0.1) is 0 Å². The highest BCUT2D eigenvalue weighted by Crippen LogP contribution is 2.27. The molecular weight excluding hydrogens is 474 g/mol. The fourth-order valence-electron chi connectivity index (χ4n) is 4.32. The first-order valence-electron chi connectivity index (χ1n) is 11.6. The maximum atomic E-state index is 13.6. The molecule has 184 valence electrons. The average molecular weight is 506 g/mol. The van der Waals surface area contributed by atoms with Crippen LogP contribution in [-0.4, -0.2) is 50.0 Å². The lowest BCUT2D eigenvalue weighted by Gasteiger charge is -2.33. The molecule has 2 aromatic rings. The van der Waals surface area contributed by atoms with Crippen LogP contribution in [0.15, 0.2) is 54.6 Å². The van der Waals surface area contributed by atoms with E-state index >= 15 is 0 Å². The molecule has 0 spiro atoms. The van der Waals surface area contributed by atoms with Crippen molar-refractivity contribution in [1.82, 2.24) is 10.2 Å².